The molecular formula is C8H13NO5S. The fraction of sp³-hybridized carbons (Fsp3) is 0.875. The summed E-state index contributed by atoms with van der Waals surface area (Å²) >= 11 is 3.96. The van der Waals surface area contributed by atoms with Crippen LogP contribution >= 0.6 is 12.6 Å². The zero-order valence-corrected chi connectivity index (χ0v) is 8.71. The van der Waals surface area contributed by atoms with Crippen LogP contribution in [0.15, 0.2) is 0 Å². The Balaban J connectivity index is 2.88. The van der Waals surface area contributed by atoms with Gasteiger partial charge >= 0.3 is 0 Å². The zero-order chi connectivity index (χ0) is 11.6. The highest BCUT2D eigenvalue weighted by Crippen LogP contribution is 2.35. The van der Waals surface area contributed by atoms with Crippen molar-refractivity contribution in [2.75, 3.05) is 6.61 Å². The molecule has 5 atom stereocenters. The van der Waals surface area contributed by atoms with Crippen LogP contribution in [0.3, 0.4) is 0 Å². The van der Waals surface area contributed by atoms with Crippen molar-refractivity contribution < 1.29 is 25.2 Å². The van der Waals surface area contributed by atoms with E-state index in [1.165, 1.54) is 0 Å². The van der Waals surface area contributed by atoms with Crippen molar-refractivity contribution in [2.45, 2.75) is 35.8 Å². The molecule has 4 N–H and O–H groups in total. The molecule has 15 heavy (non-hydrogen) atoms. The number of rotatable bonds is 2. The predicted molar refractivity (Wildman–Crippen MR) is 51.9 cm³/mol. The smallest absolute Gasteiger partial charge is 0.152 e. The Labute approximate surface area is 92.1 Å². The lowest BCUT2D eigenvalue weighted by Gasteiger charge is -2.45. The van der Waals surface area contributed by atoms with Crippen molar-refractivity contribution in [2.24, 2.45) is 0 Å². The molecule has 0 saturated carbocycles. The number of nitrogens with zero attached hydrogens (tertiary/aromatic N) is 1. The molecule has 6 nitrogen and oxygen atoms in total. The number of thiol groups is 1. The van der Waals surface area contributed by atoms with Gasteiger partial charge in [0.2, 0.25) is 0 Å². The van der Waals surface area contributed by atoms with Gasteiger partial charge in [0.1, 0.15) is 24.4 Å². The Bertz CT molecular complexity index is 268. The van der Waals surface area contributed by atoms with Crippen LogP contribution in [-0.4, -0.2) is 56.4 Å². The molecule has 1 aliphatic heterocycles. The molecule has 1 heterocycles. The third-order valence-electron chi connectivity index (χ3n) is 2.38. The van der Waals surface area contributed by atoms with E-state index in [2.05, 4.69) is 12.6 Å². The maximum absolute atomic E-state index is 9.57. The van der Waals surface area contributed by atoms with Crippen molar-refractivity contribution in [1.82, 2.24) is 0 Å². The topological polar surface area (TPSA) is 114 Å². The van der Waals surface area contributed by atoms with E-state index in [0.717, 1.165) is 0 Å². The maximum Gasteiger partial charge on any atom is 0.152 e. The van der Waals surface area contributed by atoms with Crippen molar-refractivity contribution in [3.05, 3.63) is 0 Å². The highest BCUT2D eigenvalue weighted by Gasteiger charge is 2.51. The van der Waals surface area contributed by atoms with E-state index in [1.807, 2.05) is 0 Å². The maximum atomic E-state index is 9.57. The normalized spacial score (nSPS) is 46.1. The first-order valence-corrected chi connectivity index (χ1v) is 4.83. The Morgan fingerprint density at radius 2 is 1.93 bits per heavy atom. The number of aliphatic hydroxyl groups excluding tert-OH is 4. The van der Waals surface area contributed by atoms with E-state index in [-0.39, 0.29) is 6.42 Å². The van der Waals surface area contributed by atoms with Gasteiger partial charge in [0.05, 0.1) is 19.1 Å². The van der Waals surface area contributed by atoms with Gasteiger partial charge in [0.25, 0.3) is 0 Å². The summed E-state index contributed by atoms with van der Waals surface area (Å²) in [5.41, 5.74) is 0. The van der Waals surface area contributed by atoms with Crippen molar-refractivity contribution >= 4 is 12.6 Å². The molecule has 0 aromatic carbocycles. The average Bonchev–Trinajstić information content (AvgIpc) is 2.21. The largest absolute Gasteiger partial charge is 0.394 e. The fourth-order valence-corrected chi connectivity index (χ4v) is 1.84. The summed E-state index contributed by atoms with van der Waals surface area (Å²) < 4.78 is 5.09. The minimum atomic E-state index is -1.57. The predicted octanol–water partition coefficient (Wildman–Crippen LogP) is -2.00. The van der Waals surface area contributed by atoms with Crippen LogP contribution in [0.25, 0.3) is 0 Å². The summed E-state index contributed by atoms with van der Waals surface area (Å²) in [6.45, 7) is -0.529. The van der Waals surface area contributed by atoms with Gasteiger partial charge in [0, 0.05) is 0 Å². The molecule has 0 aromatic rings. The van der Waals surface area contributed by atoms with Crippen molar-refractivity contribution in [1.29, 1.82) is 5.26 Å². The molecule has 0 amide bonds. The van der Waals surface area contributed by atoms with Gasteiger partial charge in [-0.15, -0.1) is 12.6 Å². The third-order valence-corrected chi connectivity index (χ3v) is 2.91. The second-order valence-electron chi connectivity index (χ2n) is 3.44. The fourth-order valence-electron chi connectivity index (χ4n) is 1.48. The van der Waals surface area contributed by atoms with Gasteiger partial charge < -0.3 is 25.2 Å². The van der Waals surface area contributed by atoms with Crippen molar-refractivity contribution in [3.8, 4) is 6.07 Å². The number of aliphatic hydroxyl groups is 4. The van der Waals surface area contributed by atoms with Gasteiger partial charge in [-0.3, -0.25) is 0 Å². The SMILES string of the molecule is N#CC[C@@]1(S)O[C@H](CO)[C@H](O)[C@H](O)[C@H]1O. The second kappa shape index (κ2) is 4.65. The highest BCUT2D eigenvalue weighted by molar-refractivity contribution is 7.81. The lowest BCUT2D eigenvalue weighted by Crippen LogP contribution is -2.62. The highest BCUT2D eigenvalue weighted by atomic mass is 32.1. The van der Waals surface area contributed by atoms with E-state index in [9.17, 15) is 15.3 Å². The molecule has 0 aliphatic carbocycles. The summed E-state index contributed by atoms with van der Waals surface area (Å²) in [6.07, 6.45) is -5.71. The Hall–Kier alpha value is -0.360. The molecule has 1 fully saturated rings. The molecule has 0 bridgehead atoms. The third kappa shape index (κ3) is 2.25. The molecule has 0 aromatic heterocycles. The van der Waals surface area contributed by atoms with Crippen LogP contribution in [-0.2, 0) is 4.74 Å². The molecule has 1 saturated heterocycles. The van der Waals surface area contributed by atoms with Crippen LogP contribution in [0.2, 0.25) is 0 Å². The molecule has 0 radical (unpaired) electrons. The zero-order valence-electron chi connectivity index (χ0n) is 7.82. The minimum absolute atomic E-state index is 0.266. The van der Waals surface area contributed by atoms with Gasteiger partial charge in [-0.2, -0.15) is 5.26 Å². The van der Waals surface area contributed by atoms with Crippen LogP contribution < -0.4 is 0 Å². The molecule has 0 unspecified atom stereocenters. The molecule has 1 aliphatic rings. The van der Waals surface area contributed by atoms with E-state index in [4.69, 9.17) is 15.1 Å². The Morgan fingerprint density at radius 1 is 1.33 bits per heavy atom. The van der Waals surface area contributed by atoms with Crippen LogP contribution in [0.4, 0.5) is 0 Å². The number of ether oxygens (including phenoxy) is 1. The monoisotopic (exact) mass is 235 g/mol. The lowest BCUT2D eigenvalue weighted by atomic mass is 9.93. The first kappa shape index (κ1) is 12.7. The average molecular weight is 235 g/mol. The number of hydrogen-bond donors (Lipinski definition) is 5. The van der Waals surface area contributed by atoms with Gasteiger partial charge in [-0.25, -0.2) is 0 Å². The molecule has 0 spiro atoms. The first-order chi connectivity index (χ1) is 6.96. The molecular weight excluding hydrogens is 222 g/mol. The number of nitriles is 1. The van der Waals surface area contributed by atoms with E-state index >= 15 is 0 Å². The van der Waals surface area contributed by atoms with Gasteiger partial charge in [-0.1, -0.05) is 0 Å². The summed E-state index contributed by atoms with van der Waals surface area (Å²) in [7, 11) is 0. The van der Waals surface area contributed by atoms with Gasteiger partial charge in [-0.05, 0) is 0 Å². The molecule has 7 heteroatoms. The van der Waals surface area contributed by atoms with E-state index < -0.39 is 36.0 Å². The summed E-state index contributed by atoms with van der Waals surface area (Å²) in [5, 5.41) is 45.8. The molecule has 1 rings (SSSR count). The summed E-state index contributed by atoms with van der Waals surface area (Å²) in [4.78, 5) is -1.57. The second-order valence-corrected chi connectivity index (χ2v) is 4.20. The lowest BCUT2D eigenvalue weighted by molar-refractivity contribution is -0.239. The van der Waals surface area contributed by atoms with Crippen LogP contribution in [0, 0.1) is 11.3 Å². The first-order valence-electron chi connectivity index (χ1n) is 4.38. The summed E-state index contributed by atoms with van der Waals surface area (Å²) in [5.74, 6) is 0. The van der Waals surface area contributed by atoms with Crippen LogP contribution in [0.1, 0.15) is 6.42 Å². The van der Waals surface area contributed by atoms with E-state index in [1.54, 1.807) is 6.07 Å². The van der Waals surface area contributed by atoms with E-state index in [0.29, 0.717) is 0 Å². The van der Waals surface area contributed by atoms with Crippen LogP contribution in [0.5, 0.6) is 0 Å². The quantitative estimate of drug-likeness (QED) is 0.354. The van der Waals surface area contributed by atoms with Gasteiger partial charge in [0.15, 0.2) is 4.93 Å². The summed E-state index contributed by atoms with van der Waals surface area (Å²) in [6, 6.07) is 1.75. The minimum Gasteiger partial charge on any atom is -0.394 e. The van der Waals surface area contributed by atoms with Crippen molar-refractivity contribution in [3.63, 3.8) is 0 Å². The Kier molecular flexibility index (Phi) is 3.94. The molecule has 86 valence electrons. The number of hydrogen-bond acceptors (Lipinski definition) is 7. The Morgan fingerprint density at radius 3 is 2.40 bits per heavy atom. The standard InChI is InChI=1S/C8H13NO5S/c9-2-1-8(15)7(13)6(12)5(11)4(3-10)14-8/h4-7,10-13,15H,1,3H2/t4-,5+,6+,7-,8+/m1/s1.